The number of likely N-dealkylation sites (tertiary alicyclic amines) is 1. The number of piperidine rings is 1. The maximum atomic E-state index is 13.9. The molecular formula is C14H18FNO2. The largest absolute Gasteiger partial charge is 0.493 e. The van der Waals surface area contributed by atoms with E-state index in [9.17, 15) is 4.39 Å². The lowest BCUT2D eigenvalue weighted by molar-refractivity contribution is 0.0313. The fourth-order valence-corrected chi connectivity index (χ4v) is 2.58. The third kappa shape index (κ3) is 2.29. The van der Waals surface area contributed by atoms with Crippen molar-refractivity contribution in [3.05, 3.63) is 23.8 Å². The first-order valence-corrected chi connectivity index (χ1v) is 6.47. The molecule has 3 rings (SSSR count). The maximum Gasteiger partial charge on any atom is 0.149 e. The molecule has 2 unspecified atom stereocenters. The predicted molar refractivity (Wildman–Crippen MR) is 67.1 cm³/mol. The number of ether oxygens (including phenoxy) is 2. The fraction of sp³-hybridized carbons (Fsp3) is 0.571. The lowest BCUT2D eigenvalue weighted by atomic mass is 10.1. The Bertz CT molecular complexity index is 438. The molecule has 0 aliphatic carbocycles. The van der Waals surface area contributed by atoms with Gasteiger partial charge in [-0.3, -0.25) is 0 Å². The van der Waals surface area contributed by atoms with Crippen LogP contribution in [0.1, 0.15) is 12.0 Å². The van der Waals surface area contributed by atoms with Crippen LogP contribution in [-0.4, -0.2) is 43.9 Å². The topological polar surface area (TPSA) is 21.7 Å². The van der Waals surface area contributed by atoms with E-state index in [0.29, 0.717) is 6.54 Å². The Balaban J connectivity index is 1.69. The Morgan fingerprint density at radius 1 is 1.44 bits per heavy atom. The molecule has 0 saturated carbocycles. The van der Waals surface area contributed by atoms with E-state index in [0.717, 1.165) is 43.1 Å². The van der Waals surface area contributed by atoms with Crippen molar-refractivity contribution in [2.45, 2.75) is 25.1 Å². The molecule has 1 aromatic carbocycles. The van der Waals surface area contributed by atoms with Gasteiger partial charge >= 0.3 is 0 Å². The van der Waals surface area contributed by atoms with Crippen molar-refractivity contribution in [2.24, 2.45) is 0 Å². The second-order valence-electron chi connectivity index (χ2n) is 5.09. The van der Waals surface area contributed by atoms with Gasteiger partial charge in [-0.15, -0.1) is 0 Å². The molecule has 0 bridgehead atoms. The Labute approximate surface area is 106 Å². The third-order valence-electron chi connectivity index (χ3n) is 3.63. The molecule has 0 amide bonds. The van der Waals surface area contributed by atoms with E-state index in [1.165, 1.54) is 0 Å². The lowest BCUT2D eigenvalue weighted by Crippen LogP contribution is -2.45. The molecule has 1 fully saturated rings. The Morgan fingerprint density at radius 3 is 3.17 bits per heavy atom. The van der Waals surface area contributed by atoms with Crippen LogP contribution in [0.4, 0.5) is 4.39 Å². The predicted octanol–water partition coefficient (Wildman–Crippen LogP) is 2.04. The molecule has 1 aromatic rings. The number of hydrogen-bond acceptors (Lipinski definition) is 3. The average Bonchev–Trinajstić information content (AvgIpc) is 2.80. The van der Waals surface area contributed by atoms with Crippen molar-refractivity contribution >= 4 is 0 Å². The van der Waals surface area contributed by atoms with Crippen molar-refractivity contribution in [1.82, 2.24) is 4.90 Å². The third-order valence-corrected chi connectivity index (χ3v) is 3.63. The molecule has 2 atom stereocenters. The van der Waals surface area contributed by atoms with Crippen LogP contribution in [0.15, 0.2) is 18.2 Å². The van der Waals surface area contributed by atoms with Crippen molar-refractivity contribution in [3.8, 4) is 11.5 Å². The van der Waals surface area contributed by atoms with Gasteiger partial charge < -0.3 is 14.4 Å². The highest BCUT2D eigenvalue weighted by Gasteiger charge is 2.29. The summed E-state index contributed by atoms with van der Waals surface area (Å²) in [5.74, 6) is 1.69. The summed E-state index contributed by atoms with van der Waals surface area (Å²) in [7, 11) is 1.94. The number of hydrogen-bond donors (Lipinski definition) is 0. The molecule has 0 N–H and O–H groups in total. The highest BCUT2D eigenvalue weighted by molar-refractivity contribution is 5.42. The number of alkyl halides is 1. The van der Waals surface area contributed by atoms with Crippen LogP contribution in [0, 0.1) is 0 Å². The van der Waals surface area contributed by atoms with Gasteiger partial charge in [-0.2, -0.15) is 0 Å². The Kier molecular flexibility index (Phi) is 3.12. The van der Waals surface area contributed by atoms with Crippen molar-refractivity contribution in [1.29, 1.82) is 0 Å². The van der Waals surface area contributed by atoms with E-state index >= 15 is 0 Å². The van der Waals surface area contributed by atoms with Gasteiger partial charge in [0.25, 0.3) is 0 Å². The Morgan fingerprint density at radius 2 is 2.33 bits per heavy atom. The van der Waals surface area contributed by atoms with Crippen LogP contribution in [0.5, 0.6) is 11.5 Å². The van der Waals surface area contributed by atoms with Crippen molar-refractivity contribution in [3.63, 3.8) is 0 Å². The minimum absolute atomic E-state index is 0.318. The molecular weight excluding hydrogens is 233 g/mol. The number of nitrogens with zero attached hydrogens (tertiary/aromatic N) is 1. The number of halogens is 1. The number of rotatable bonds is 2. The fourth-order valence-electron chi connectivity index (χ4n) is 2.58. The van der Waals surface area contributed by atoms with E-state index in [-0.39, 0.29) is 6.10 Å². The minimum Gasteiger partial charge on any atom is -0.493 e. The van der Waals surface area contributed by atoms with Gasteiger partial charge in [-0.05, 0) is 31.7 Å². The molecule has 0 aromatic heterocycles. The second-order valence-corrected chi connectivity index (χ2v) is 5.09. The summed E-state index contributed by atoms with van der Waals surface area (Å²) >= 11 is 0. The minimum atomic E-state index is -0.909. The second kappa shape index (κ2) is 4.76. The molecule has 4 heteroatoms. The molecule has 2 aliphatic heterocycles. The first kappa shape index (κ1) is 11.8. The van der Waals surface area contributed by atoms with E-state index in [1.54, 1.807) is 0 Å². The first-order valence-electron chi connectivity index (χ1n) is 6.47. The highest BCUT2D eigenvalue weighted by Crippen LogP contribution is 2.30. The summed E-state index contributed by atoms with van der Waals surface area (Å²) in [4.78, 5) is 2.00. The quantitative estimate of drug-likeness (QED) is 0.803. The highest BCUT2D eigenvalue weighted by atomic mass is 19.1. The van der Waals surface area contributed by atoms with Crippen LogP contribution in [-0.2, 0) is 6.42 Å². The van der Waals surface area contributed by atoms with Crippen LogP contribution >= 0.6 is 0 Å². The van der Waals surface area contributed by atoms with Gasteiger partial charge in [0.2, 0.25) is 0 Å². The molecule has 2 heterocycles. The summed E-state index contributed by atoms with van der Waals surface area (Å²) in [5.41, 5.74) is 1.16. The average molecular weight is 251 g/mol. The normalized spacial score (nSPS) is 27.7. The van der Waals surface area contributed by atoms with Crippen molar-refractivity contribution < 1.29 is 13.9 Å². The van der Waals surface area contributed by atoms with Gasteiger partial charge in [-0.1, -0.05) is 0 Å². The molecule has 98 valence electrons. The van der Waals surface area contributed by atoms with Gasteiger partial charge in [0, 0.05) is 25.1 Å². The molecule has 0 spiro atoms. The zero-order valence-electron chi connectivity index (χ0n) is 10.6. The van der Waals surface area contributed by atoms with Crippen LogP contribution in [0.3, 0.4) is 0 Å². The zero-order chi connectivity index (χ0) is 12.5. The molecule has 3 nitrogen and oxygen atoms in total. The molecule has 18 heavy (non-hydrogen) atoms. The number of benzene rings is 1. The van der Waals surface area contributed by atoms with Gasteiger partial charge in [0.05, 0.1) is 6.61 Å². The maximum absolute atomic E-state index is 13.9. The van der Waals surface area contributed by atoms with Gasteiger partial charge in [0.15, 0.2) is 0 Å². The SMILES string of the molecule is CN1CCC(Oc2ccc3c(c2)CCO3)C(F)C1. The molecule has 2 aliphatic rings. The molecule has 1 saturated heterocycles. The summed E-state index contributed by atoms with van der Waals surface area (Å²) in [5, 5.41) is 0. The first-order chi connectivity index (χ1) is 8.72. The standard InChI is InChI=1S/C14H18FNO2/c1-16-6-4-14(12(15)9-16)18-11-2-3-13-10(8-11)5-7-17-13/h2-3,8,12,14H,4-7,9H2,1H3. The molecule has 0 radical (unpaired) electrons. The lowest BCUT2D eigenvalue weighted by Gasteiger charge is -2.32. The smallest absolute Gasteiger partial charge is 0.149 e. The van der Waals surface area contributed by atoms with Gasteiger partial charge in [-0.25, -0.2) is 4.39 Å². The summed E-state index contributed by atoms with van der Waals surface area (Å²) in [6.07, 6.45) is 0.430. The summed E-state index contributed by atoms with van der Waals surface area (Å²) in [6.45, 7) is 2.08. The number of fused-ring (bicyclic) bond motifs is 1. The summed E-state index contributed by atoms with van der Waals surface area (Å²) < 4.78 is 25.1. The zero-order valence-corrected chi connectivity index (χ0v) is 10.6. The van der Waals surface area contributed by atoms with E-state index in [4.69, 9.17) is 9.47 Å². The van der Waals surface area contributed by atoms with Crippen LogP contribution in [0.25, 0.3) is 0 Å². The van der Waals surface area contributed by atoms with Crippen molar-refractivity contribution in [2.75, 3.05) is 26.7 Å². The van der Waals surface area contributed by atoms with Crippen LogP contribution < -0.4 is 9.47 Å². The van der Waals surface area contributed by atoms with E-state index in [2.05, 4.69) is 0 Å². The van der Waals surface area contributed by atoms with E-state index in [1.807, 2.05) is 30.1 Å². The van der Waals surface area contributed by atoms with E-state index < -0.39 is 6.17 Å². The van der Waals surface area contributed by atoms with Crippen LogP contribution in [0.2, 0.25) is 0 Å². The Hall–Kier alpha value is -1.29. The monoisotopic (exact) mass is 251 g/mol. The van der Waals surface area contributed by atoms with Gasteiger partial charge in [0.1, 0.15) is 23.8 Å². The summed E-state index contributed by atoms with van der Waals surface area (Å²) in [6, 6.07) is 5.77.